The Labute approximate surface area is 120 Å². The van der Waals surface area contributed by atoms with Gasteiger partial charge in [0.05, 0.1) is 0 Å². The summed E-state index contributed by atoms with van der Waals surface area (Å²) in [7, 11) is 2.19. The molecule has 0 aliphatic rings. The first-order chi connectivity index (χ1) is 8.62. The van der Waals surface area contributed by atoms with Crippen LogP contribution in [0.1, 0.15) is 32.3 Å². The maximum atomic E-state index is 3.85. The van der Waals surface area contributed by atoms with Gasteiger partial charge in [-0.2, -0.15) is 0 Å². The zero-order valence-corrected chi connectivity index (χ0v) is 13.3. The quantitative estimate of drug-likeness (QED) is 0.637. The molecule has 0 aliphatic heterocycles. The fourth-order valence-electron chi connectivity index (χ4n) is 2.28. The van der Waals surface area contributed by atoms with Crippen LogP contribution in [0.25, 0.3) is 0 Å². The summed E-state index contributed by atoms with van der Waals surface area (Å²) in [4.78, 5) is 2.38. The Kier molecular flexibility index (Phi) is 6.48. The van der Waals surface area contributed by atoms with Crippen molar-refractivity contribution >= 4 is 21.6 Å². The number of benzene rings is 1. The topological polar surface area (TPSA) is 3.24 Å². The first kappa shape index (κ1) is 15.3. The Hall–Kier alpha value is -0.760. The number of hydrogen-bond acceptors (Lipinski definition) is 1. The van der Waals surface area contributed by atoms with Crippen LogP contribution in [0, 0.1) is 5.92 Å². The maximum absolute atomic E-state index is 3.85. The van der Waals surface area contributed by atoms with E-state index in [0.717, 1.165) is 23.4 Å². The van der Waals surface area contributed by atoms with Crippen LogP contribution in [0.5, 0.6) is 0 Å². The average Bonchev–Trinajstić information content (AvgIpc) is 2.36. The molecule has 1 rings (SSSR count). The first-order valence-corrected chi connectivity index (χ1v) is 7.52. The van der Waals surface area contributed by atoms with Gasteiger partial charge in [0.1, 0.15) is 0 Å². The predicted octanol–water partition coefficient (Wildman–Crippen LogP) is 5.05. The Morgan fingerprint density at radius 1 is 1.33 bits per heavy atom. The van der Waals surface area contributed by atoms with Crippen molar-refractivity contribution in [3.63, 3.8) is 0 Å². The molecule has 0 amide bonds. The molecule has 0 saturated carbocycles. The second-order valence-electron chi connectivity index (χ2n) is 4.83. The summed E-state index contributed by atoms with van der Waals surface area (Å²) in [6, 6.07) is 6.51. The third kappa shape index (κ3) is 4.16. The van der Waals surface area contributed by atoms with Gasteiger partial charge in [0, 0.05) is 23.8 Å². The van der Waals surface area contributed by atoms with Gasteiger partial charge < -0.3 is 4.90 Å². The molecule has 0 saturated heterocycles. The molecule has 0 spiro atoms. The lowest BCUT2D eigenvalue weighted by Crippen LogP contribution is -2.25. The van der Waals surface area contributed by atoms with Crippen LogP contribution in [-0.2, 0) is 6.42 Å². The summed E-state index contributed by atoms with van der Waals surface area (Å²) in [5.41, 5.74) is 2.66. The summed E-state index contributed by atoms with van der Waals surface area (Å²) in [5, 5.41) is 0. The zero-order valence-electron chi connectivity index (χ0n) is 11.7. The van der Waals surface area contributed by atoms with E-state index in [1.165, 1.54) is 24.1 Å². The average molecular weight is 310 g/mol. The molecule has 0 heterocycles. The predicted molar refractivity (Wildman–Crippen MR) is 85.4 cm³/mol. The van der Waals surface area contributed by atoms with E-state index in [1.54, 1.807) is 0 Å². The summed E-state index contributed by atoms with van der Waals surface area (Å²) >= 11 is 3.54. The summed E-state index contributed by atoms with van der Waals surface area (Å²) in [6.45, 7) is 9.51. The van der Waals surface area contributed by atoms with Gasteiger partial charge in [0.2, 0.25) is 0 Å². The van der Waals surface area contributed by atoms with E-state index in [0.29, 0.717) is 0 Å². The minimum absolute atomic E-state index is 0.773. The van der Waals surface area contributed by atoms with E-state index in [1.807, 2.05) is 6.08 Å². The van der Waals surface area contributed by atoms with Crippen molar-refractivity contribution in [3.05, 3.63) is 40.9 Å². The minimum atomic E-state index is 0.773. The summed E-state index contributed by atoms with van der Waals surface area (Å²) in [6.07, 6.45) is 5.38. The molecule has 18 heavy (non-hydrogen) atoms. The lowest BCUT2D eigenvalue weighted by atomic mass is 10.0. The highest BCUT2D eigenvalue weighted by Crippen LogP contribution is 2.26. The van der Waals surface area contributed by atoms with Gasteiger partial charge >= 0.3 is 0 Å². The smallest absolute Gasteiger partial charge is 0.0400 e. The highest BCUT2D eigenvalue weighted by Gasteiger charge is 2.11. The highest BCUT2D eigenvalue weighted by atomic mass is 79.9. The standard InChI is InChI=1S/C16H24BrN/c1-5-8-14-11-15(17)9-10-16(14)18(4)12-13(6-2)7-3/h5,9-11,13H,1,6-8,12H2,2-4H3. The number of anilines is 1. The van der Waals surface area contributed by atoms with Crippen molar-refractivity contribution in [2.75, 3.05) is 18.5 Å². The third-order valence-electron chi connectivity index (χ3n) is 3.50. The van der Waals surface area contributed by atoms with Gasteiger partial charge in [-0.3, -0.25) is 0 Å². The van der Waals surface area contributed by atoms with Crippen LogP contribution < -0.4 is 4.90 Å². The minimum Gasteiger partial charge on any atom is -0.374 e. The molecule has 0 aromatic heterocycles. The molecule has 100 valence electrons. The largest absolute Gasteiger partial charge is 0.374 e. The van der Waals surface area contributed by atoms with Crippen LogP contribution >= 0.6 is 15.9 Å². The van der Waals surface area contributed by atoms with Crippen molar-refractivity contribution in [2.24, 2.45) is 5.92 Å². The molecular formula is C16H24BrN. The Morgan fingerprint density at radius 3 is 2.56 bits per heavy atom. The number of rotatable bonds is 7. The van der Waals surface area contributed by atoms with Crippen molar-refractivity contribution < 1.29 is 0 Å². The lowest BCUT2D eigenvalue weighted by molar-refractivity contribution is 0.493. The van der Waals surface area contributed by atoms with Gasteiger partial charge in [0.15, 0.2) is 0 Å². The van der Waals surface area contributed by atoms with Gasteiger partial charge in [-0.15, -0.1) is 6.58 Å². The SMILES string of the molecule is C=CCc1cc(Br)ccc1N(C)CC(CC)CC. The molecule has 0 atom stereocenters. The molecule has 0 bridgehead atoms. The van der Waals surface area contributed by atoms with Crippen LogP contribution in [0.2, 0.25) is 0 Å². The molecular weight excluding hydrogens is 286 g/mol. The number of halogens is 1. The van der Waals surface area contributed by atoms with Gasteiger partial charge in [-0.1, -0.05) is 48.7 Å². The van der Waals surface area contributed by atoms with Crippen molar-refractivity contribution in [3.8, 4) is 0 Å². The number of hydrogen-bond donors (Lipinski definition) is 0. The van der Waals surface area contributed by atoms with Crippen LogP contribution in [0.3, 0.4) is 0 Å². The van der Waals surface area contributed by atoms with E-state index in [9.17, 15) is 0 Å². The molecule has 0 fully saturated rings. The molecule has 1 nitrogen and oxygen atoms in total. The molecule has 0 aliphatic carbocycles. The maximum Gasteiger partial charge on any atom is 0.0400 e. The Bertz CT molecular complexity index is 383. The highest BCUT2D eigenvalue weighted by molar-refractivity contribution is 9.10. The van der Waals surface area contributed by atoms with Crippen LogP contribution in [0.4, 0.5) is 5.69 Å². The first-order valence-electron chi connectivity index (χ1n) is 6.72. The Balaban J connectivity index is 2.89. The molecule has 0 N–H and O–H groups in total. The lowest BCUT2D eigenvalue weighted by Gasteiger charge is -2.26. The second-order valence-corrected chi connectivity index (χ2v) is 5.74. The normalized spacial score (nSPS) is 10.7. The Morgan fingerprint density at radius 2 is 2.00 bits per heavy atom. The molecule has 0 radical (unpaired) electrons. The molecule has 2 heteroatoms. The molecule has 0 unspecified atom stereocenters. The van der Waals surface area contributed by atoms with Crippen LogP contribution in [-0.4, -0.2) is 13.6 Å². The second kappa shape index (κ2) is 7.63. The van der Waals surface area contributed by atoms with E-state index < -0.39 is 0 Å². The van der Waals surface area contributed by atoms with E-state index >= 15 is 0 Å². The van der Waals surface area contributed by atoms with E-state index in [2.05, 4.69) is 66.5 Å². The van der Waals surface area contributed by atoms with Crippen LogP contribution in [0.15, 0.2) is 35.3 Å². The van der Waals surface area contributed by atoms with E-state index in [-0.39, 0.29) is 0 Å². The fraction of sp³-hybridized carbons (Fsp3) is 0.500. The van der Waals surface area contributed by atoms with Crippen molar-refractivity contribution in [2.45, 2.75) is 33.1 Å². The fourth-order valence-corrected chi connectivity index (χ4v) is 2.69. The van der Waals surface area contributed by atoms with Gasteiger partial charge in [-0.25, -0.2) is 0 Å². The van der Waals surface area contributed by atoms with Gasteiger partial charge in [-0.05, 0) is 36.1 Å². The zero-order chi connectivity index (χ0) is 13.5. The summed E-state index contributed by atoms with van der Waals surface area (Å²) in [5.74, 6) is 0.773. The van der Waals surface area contributed by atoms with Crippen molar-refractivity contribution in [1.82, 2.24) is 0 Å². The van der Waals surface area contributed by atoms with E-state index in [4.69, 9.17) is 0 Å². The summed E-state index contributed by atoms with van der Waals surface area (Å²) < 4.78 is 1.14. The van der Waals surface area contributed by atoms with Crippen molar-refractivity contribution in [1.29, 1.82) is 0 Å². The molecule has 1 aromatic carbocycles. The number of nitrogens with zero attached hydrogens (tertiary/aromatic N) is 1. The van der Waals surface area contributed by atoms with Gasteiger partial charge in [0.25, 0.3) is 0 Å². The molecule has 1 aromatic rings. The third-order valence-corrected chi connectivity index (χ3v) is 4.00. The monoisotopic (exact) mass is 309 g/mol. The number of allylic oxidation sites excluding steroid dienone is 1.